The Hall–Kier alpha value is -0.716. The van der Waals surface area contributed by atoms with Crippen LogP contribution in [0.5, 0.6) is 0 Å². The molecule has 3 rings (SSSR count). The minimum atomic E-state index is -2.24. The lowest BCUT2D eigenvalue weighted by atomic mass is 9.92. The van der Waals surface area contributed by atoms with Crippen molar-refractivity contribution in [2.45, 2.75) is 114 Å². The van der Waals surface area contributed by atoms with Gasteiger partial charge in [-0.1, -0.05) is 41.5 Å². The van der Waals surface area contributed by atoms with Crippen molar-refractivity contribution >= 4 is 28.2 Å². The molecule has 1 aliphatic carbocycles. The lowest BCUT2D eigenvalue weighted by molar-refractivity contribution is -0.135. The number of halogens is 1. The zero-order valence-corrected chi connectivity index (χ0v) is 25.2. The van der Waals surface area contributed by atoms with Crippen LogP contribution in [-0.4, -0.2) is 49.9 Å². The number of nitrogens with one attached hydrogen (secondary N) is 1. The molecule has 1 saturated heterocycles. The molecule has 0 unspecified atom stereocenters. The fourth-order valence-electron chi connectivity index (χ4n) is 3.92. The predicted molar refractivity (Wildman–Crippen MR) is 142 cm³/mol. The van der Waals surface area contributed by atoms with Crippen LogP contribution in [0.2, 0.25) is 36.3 Å². The highest BCUT2D eigenvalue weighted by atomic mass is 35.5. The largest absolute Gasteiger partial charge is 0.414 e. The molecule has 194 valence electrons. The molecule has 0 bridgehead atoms. The van der Waals surface area contributed by atoms with Gasteiger partial charge in [-0.15, -0.1) is 11.6 Å². The molecule has 34 heavy (non-hydrogen) atoms. The third kappa shape index (κ3) is 5.20. The maximum absolute atomic E-state index is 12.7. The summed E-state index contributed by atoms with van der Waals surface area (Å²) in [7, 11) is -4.32. The van der Waals surface area contributed by atoms with Crippen LogP contribution in [0.1, 0.15) is 60.6 Å². The number of hydrogen-bond acceptors (Lipinski definition) is 5. The molecule has 7 nitrogen and oxygen atoms in total. The van der Waals surface area contributed by atoms with Gasteiger partial charge in [0.15, 0.2) is 22.9 Å². The zero-order valence-electron chi connectivity index (χ0n) is 22.5. The molecule has 1 aromatic rings. The number of alkyl halides is 1. The molecule has 2 heterocycles. The van der Waals surface area contributed by atoms with Gasteiger partial charge in [0, 0.05) is 12.3 Å². The lowest BCUT2D eigenvalue weighted by Gasteiger charge is -2.45. The summed E-state index contributed by atoms with van der Waals surface area (Å²) in [6.07, 6.45) is 2.28. The van der Waals surface area contributed by atoms with Gasteiger partial charge < -0.3 is 13.6 Å². The summed E-state index contributed by atoms with van der Waals surface area (Å²) >= 11 is 7.12. The molecule has 0 aromatic carbocycles. The van der Waals surface area contributed by atoms with E-state index in [2.05, 4.69) is 72.7 Å². The van der Waals surface area contributed by atoms with Gasteiger partial charge in [-0.25, -0.2) is 4.79 Å². The van der Waals surface area contributed by atoms with Crippen LogP contribution in [0.4, 0.5) is 0 Å². The van der Waals surface area contributed by atoms with Crippen molar-refractivity contribution in [2.75, 3.05) is 6.61 Å². The summed E-state index contributed by atoms with van der Waals surface area (Å²) in [6, 6.07) is 1.32. The second-order valence-electron chi connectivity index (χ2n) is 13.0. The second-order valence-corrected chi connectivity index (χ2v) is 23.1. The van der Waals surface area contributed by atoms with E-state index < -0.39 is 51.2 Å². The fraction of sp³-hybridized carbons (Fsp3) is 0.833. The summed E-state index contributed by atoms with van der Waals surface area (Å²) in [4.78, 5) is 26.7. The highest BCUT2D eigenvalue weighted by molar-refractivity contribution is 6.74. The van der Waals surface area contributed by atoms with Gasteiger partial charge in [0.2, 0.25) is 0 Å². The first-order valence-corrected chi connectivity index (χ1v) is 18.5. The Kier molecular flexibility index (Phi) is 7.37. The SMILES string of the molecule is CC(C)(C)[Si](C)(C)OC[C@@]1(C2CC2)O[C@@H](n2ccc(=O)[nH]c2=O)[C@H](Cl)[C@@H]1O[Si](C)(C)C(C)(C)C. The molecule has 1 aromatic heterocycles. The van der Waals surface area contributed by atoms with Crippen molar-refractivity contribution in [2.24, 2.45) is 5.92 Å². The van der Waals surface area contributed by atoms with E-state index in [9.17, 15) is 9.59 Å². The summed E-state index contributed by atoms with van der Waals surface area (Å²) in [5.41, 5.74) is -1.74. The Labute approximate surface area is 210 Å². The van der Waals surface area contributed by atoms with Crippen LogP contribution >= 0.6 is 11.6 Å². The standard InChI is InChI=1S/C24H43ClN2O5Si2/c1-22(2,3)33(7,8)30-15-24(16-11-12-16)19(32-34(9,10)23(4,5)6)18(25)20(31-24)27-14-13-17(28)26-21(27)29/h13-14,16,18-20H,11-12,15H2,1-10H3,(H,26,28,29)/t18-,19+,20-,24+/m1/s1. The Bertz CT molecular complexity index is 1010. The van der Waals surface area contributed by atoms with Crippen LogP contribution in [0, 0.1) is 5.92 Å². The quantitative estimate of drug-likeness (QED) is 0.385. The van der Waals surface area contributed by atoms with Crippen molar-refractivity contribution in [3.63, 3.8) is 0 Å². The number of hydrogen-bond donors (Lipinski definition) is 1. The van der Waals surface area contributed by atoms with Crippen molar-refractivity contribution in [3.8, 4) is 0 Å². The van der Waals surface area contributed by atoms with Crippen molar-refractivity contribution in [3.05, 3.63) is 33.1 Å². The number of H-pyrrole nitrogens is 1. The Morgan fingerprint density at radius 2 is 1.65 bits per heavy atom. The topological polar surface area (TPSA) is 82.5 Å². The average molecular weight is 531 g/mol. The van der Waals surface area contributed by atoms with Gasteiger partial charge in [-0.2, -0.15) is 0 Å². The number of ether oxygens (including phenoxy) is 1. The normalized spacial score (nSPS) is 29.0. The lowest BCUT2D eigenvalue weighted by Crippen LogP contribution is -2.57. The summed E-state index contributed by atoms with van der Waals surface area (Å²) in [5, 5.41) is -0.588. The Morgan fingerprint density at radius 1 is 1.09 bits per heavy atom. The van der Waals surface area contributed by atoms with E-state index >= 15 is 0 Å². The molecule has 0 amide bonds. The molecule has 1 saturated carbocycles. The van der Waals surface area contributed by atoms with Crippen molar-refractivity contribution in [1.82, 2.24) is 9.55 Å². The molecule has 4 atom stereocenters. The van der Waals surface area contributed by atoms with E-state index in [1.165, 1.54) is 16.8 Å². The number of rotatable bonds is 7. The average Bonchev–Trinajstić information content (AvgIpc) is 3.47. The second kappa shape index (κ2) is 8.99. The smallest absolute Gasteiger partial charge is 0.330 e. The minimum absolute atomic E-state index is 0.0217. The molecular weight excluding hydrogens is 488 g/mol. The third-order valence-electron chi connectivity index (χ3n) is 8.47. The highest BCUT2D eigenvalue weighted by Crippen LogP contribution is 2.56. The van der Waals surface area contributed by atoms with Crippen LogP contribution in [0.15, 0.2) is 21.9 Å². The first-order chi connectivity index (χ1) is 15.3. The van der Waals surface area contributed by atoms with E-state index in [1.807, 2.05) is 0 Å². The van der Waals surface area contributed by atoms with E-state index in [4.69, 9.17) is 25.2 Å². The number of aromatic nitrogens is 2. The van der Waals surface area contributed by atoms with Gasteiger partial charge in [0.1, 0.15) is 11.0 Å². The first-order valence-electron chi connectivity index (χ1n) is 12.3. The maximum Gasteiger partial charge on any atom is 0.330 e. The predicted octanol–water partition coefficient (Wildman–Crippen LogP) is 5.23. The summed E-state index contributed by atoms with van der Waals surface area (Å²) in [6.45, 7) is 22.5. The van der Waals surface area contributed by atoms with Gasteiger partial charge in [0.05, 0.1) is 12.7 Å². The molecule has 1 aliphatic heterocycles. The van der Waals surface area contributed by atoms with Crippen molar-refractivity contribution < 1.29 is 13.6 Å². The first kappa shape index (κ1) is 27.9. The molecule has 2 aliphatic rings. The fourth-order valence-corrected chi connectivity index (χ4v) is 6.79. The minimum Gasteiger partial charge on any atom is -0.414 e. The van der Waals surface area contributed by atoms with Gasteiger partial charge in [-0.3, -0.25) is 14.3 Å². The van der Waals surface area contributed by atoms with E-state index in [-0.39, 0.29) is 16.0 Å². The van der Waals surface area contributed by atoms with Gasteiger partial charge in [-0.05, 0) is 55.0 Å². The van der Waals surface area contributed by atoms with E-state index in [1.54, 1.807) is 0 Å². The highest BCUT2D eigenvalue weighted by Gasteiger charge is 2.64. The maximum atomic E-state index is 12.7. The van der Waals surface area contributed by atoms with Gasteiger partial charge in [0.25, 0.3) is 5.56 Å². The molecule has 1 N–H and O–H groups in total. The monoisotopic (exact) mass is 530 g/mol. The molecule has 0 radical (unpaired) electrons. The Morgan fingerprint density at radius 3 is 2.12 bits per heavy atom. The summed E-state index contributed by atoms with van der Waals surface area (Å²) < 4.78 is 21.9. The van der Waals surface area contributed by atoms with Crippen LogP contribution in [0.3, 0.4) is 0 Å². The zero-order chi connectivity index (χ0) is 25.9. The molecule has 10 heteroatoms. The van der Waals surface area contributed by atoms with Crippen LogP contribution in [0.25, 0.3) is 0 Å². The van der Waals surface area contributed by atoms with E-state index in [0.717, 1.165) is 12.8 Å². The van der Waals surface area contributed by atoms with Crippen LogP contribution in [-0.2, 0) is 13.6 Å². The number of nitrogens with zero attached hydrogens (tertiary/aromatic N) is 1. The van der Waals surface area contributed by atoms with Crippen LogP contribution < -0.4 is 11.2 Å². The van der Waals surface area contributed by atoms with Gasteiger partial charge >= 0.3 is 5.69 Å². The molecular formula is C24H43ClN2O5Si2. The third-order valence-corrected chi connectivity index (χ3v) is 17.8. The van der Waals surface area contributed by atoms with Crippen molar-refractivity contribution in [1.29, 1.82) is 0 Å². The number of aromatic amines is 1. The molecule has 0 spiro atoms. The van der Waals surface area contributed by atoms with E-state index in [0.29, 0.717) is 6.61 Å². The molecule has 2 fully saturated rings. The summed E-state index contributed by atoms with van der Waals surface area (Å²) in [5.74, 6) is 0.247. The Balaban J connectivity index is 2.07.